The van der Waals surface area contributed by atoms with Gasteiger partial charge in [-0.3, -0.25) is 14.9 Å². The molecule has 6 nitrogen and oxygen atoms in total. The van der Waals surface area contributed by atoms with Gasteiger partial charge in [-0.15, -0.1) is 0 Å². The molecule has 1 N–H and O–H groups in total. The van der Waals surface area contributed by atoms with Gasteiger partial charge in [0.15, 0.2) is 5.09 Å². The Bertz CT molecular complexity index is 1180. The van der Waals surface area contributed by atoms with E-state index in [-0.39, 0.29) is 5.57 Å². The van der Waals surface area contributed by atoms with E-state index < -0.39 is 17.8 Å². The van der Waals surface area contributed by atoms with Gasteiger partial charge in [-0.05, 0) is 60.4 Å². The van der Waals surface area contributed by atoms with E-state index >= 15 is 0 Å². The number of furan rings is 1. The molecule has 1 aliphatic heterocycles. The summed E-state index contributed by atoms with van der Waals surface area (Å²) < 4.78 is 5.76. The number of nitrogens with one attached hydrogen (secondary N) is 1. The molecule has 1 aliphatic rings. The van der Waals surface area contributed by atoms with Crippen LogP contribution in [0.3, 0.4) is 0 Å². The van der Waals surface area contributed by atoms with Crippen LogP contribution in [-0.4, -0.2) is 17.8 Å². The maximum atomic E-state index is 13.1. The van der Waals surface area contributed by atoms with E-state index in [1.165, 1.54) is 17.8 Å². The van der Waals surface area contributed by atoms with Gasteiger partial charge in [-0.2, -0.15) is 0 Å². The number of carbonyl (C=O) groups is 3. The van der Waals surface area contributed by atoms with E-state index in [0.29, 0.717) is 22.5 Å². The third-order valence-electron chi connectivity index (χ3n) is 5.28. The van der Waals surface area contributed by atoms with Crippen molar-refractivity contribution in [2.75, 3.05) is 4.90 Å². The van der Waals surface area contributed by atoms with Crippen LogP contribution in [0.15, 0.2) is 86.7 Å². The van der Waals surface area contributed by atoms with E-state index in [9.17, 15) is 14.4 Å². The number of barbiturate groups is 1. The smallest absolute Gasteiger partial charge is 0.335 e. The first-order chi connectivity index (χ1) is 15.5. The Kier molecular flexibility index (Phi) is 6.28. The molecule has 0 aliphatic carbocycles. The lowest BCUT2D eigenvalue weighted by Crippen LogP contribution is -2.54. The highest BCUT2D eigenvalue weighted by Gasteiger charge is 2.37. The van der Waals surface area contributed by atoms with Crippen molar-refractivity contribution in [2.24, 2.45) is 0 Å². The molecular weight excluding hydrogens is 424 g/mol. The minimum atomic E-state index is -0.770. The van der Waals surface area contributed by atoms with Crippen molar-refractivity contribution < 1.29 is 18.8 Å². The Morgan fingerprint density at radius 1 is 1.00 bits per heavy atom. The lowest BCUT2D eigenvalue weighted by molar-refractivity contribution is -0.122. The maximum absolute atomic E-state index is 13.1. The van der Waals surface area contributed by atoms with Crippen molar-refractivity contribution >= 4 is 41.4 Å². The molecule has 2 heterocycles. The Morgan fingerprint density at radius 2 is 1.72 bits per heavy atom. The van der Waals surface area contributed by atoms with E-state index in [2.05, 4.69) is 19.2 Å². The molecule has 1 atom stereocenters. The molecule has 32 heavy (non-hydrogen) atoms. The highest BCUT2D eigenvalue weighted by atomic mass is 32.2. The average molecular weight is 447 g/mol. The van der Waals surface area contributed by atoms with E-state index in [1.54, 1.807) is 24.3 Å². The lowest BCUT2D eigenvalue weighted by Gasteiger charge is -2.26. The number of amides is 4. The molecule has 7 heteroatoms. The summed E-state index contributed by atoms with van der Waals surface area (Å²) in [5, 5.41) is 2.86. The number of nitrogens with zero attached hydrogens (tertiary/aromatic N) is 1. The van der Waals surface area contributed by atoms with Crippen LogP contribution in [0, 0.1) is 0 Å². The summed E-state index contributed by atoms with van der Waals surface area (Å²) in [6.07, 6.45) is 2.34. The molecule has 4 rings (SSSR count). The van der Waals surface area contributed by atoms with Gasteiger partial charge in [0.05, 0.1) is 5.69 Å². The van der Waals surface area contributed by atoms with Crippen molar-refractivity contribution in [3.63, 3.8) is 0 Å². The zero-order valence-electron chi connectivity index (χ0n) is 17.7. The van der Waals surface area contributed by atoms with Crippen LogP contribution < -0.4 is 10.2 Å². The molecule has 1 fully saturated rings. The van der Waals surface area contributed by atoms with Gasteiger partial charge in [0.25, 0.3) is 11.8 Å². The molecule has 3 aromatic rings. The molecule has 162 valence electrons. The summed E-state index contributed by atoms with van der Waals surface area (Å²) in [6.45, 7) is 4.21. The van der Waals surface area contributed by atoms with Crippen molar-refractivity contribution in [2.45, 2.75) is 36.2 Å². The van der Waals surface area contributed by atoms with Gasteiger partial charge in [0, 0.05) is 4.90 Å². The topological polar surface area (TPSA) is 79.6 Å². The van der Waals surface area contributed by atoms with Gasteiger partial charge in [0.1, 0.15) is 11.3 Å². The normalized spacial score (nSPS) is 16.4. The minimum absolute atomic E-state index is 0.166. The van der Waals surface area contributed by atoms with Crippen LogP contribution in [0.2, 0.25) is 0 Å². The highest BCUT2D eigenvalue weighted by Crippen LogP contribution is 2.30. The summed E-state index contributed by atoms with van der Waals surface area (Å²) >= 11 is 1.43. The number of rotatable bonds is 6. The van der Waals surface area contributed by atoms with Crippen LogP contribution in [0.5, 0.6) is 0 Å². The van der Waals surface area contributed by atoms with E-state index in [1.807, 2.05) is 42.5 Å². The number of anilines is 1. The quantitative estimate of drug-likeness (QED) is 0.393. The van der Waals surface area contributed by atoms with Gasteiger partial charge in [0.2, 0.25) is 0 Å². The molecule has 0 bridgehead atoms. The Balaban J connectivity index is 1.58. The van der Waals surface area contributed by atoms with Crippen LogP contribution in [0.4, 0.5) is 10.5 Å². The Morgan fingerprint density at radius 3 is 2.41 bits per heavy atom. The van der Waals surface area contributed by atoms with Crippen molar-refractivity contribution in [1.29, 1.82) is 0 Å². The fraction of sp³-hybridized carbons (Fsp3) is 0.160. The number of hydrogen-bond acceptors (Lipinski definition) is 5. The third-order valence-corrected chi connectivity index (χ3v) is 6.21. The zero-order chi connectivity index (χ0) is 22.7. The van der Waals surface area contributed by atoms with Crippen LogP contribution in [0.25, 0.3) is 6.08 Å². The number of carbonyl (C=O) groups excluding carboxylic acids is 3. The first-order valence-electron chi connectivity index (χ1n) is 10.3. The predicted octanol–water partition coefficient (Wildman–Crippen LogP) is 5.61. The molecule has 1 aromatic heterocycles. The number of urea groups is 1. The average Bonchev–Trinajstić information content (AvgIpc) is 3.24. The standard InChI is InChI=1S/C25H22N2O4S/c1-3-16(2)17-9-11-18(12-10-17)27-24(29)21(23(28)26-25(27)30)15-19-13-14-22(31-19)32-20-7-5-4-6-8-20/h4-16H,3H2,1-2H3,(H,26,28,30)/b21-15-/t16-/m0/s1. The largest absolute Gasteiger partial charge is 0.450 e. The van der Waals surface area contributed by atoms with Gasteiger partial charge in [-0.25, -0.2) is 9.69 Å². The predicted molar refractivity (Wildman–Crippen MR) is 123 cm³/mol. The Hall–Kier alpha value is -3.58. The number of benzene rings is 2. The molecule has 4 amide bonds. The van der Waals surface area contributed by atoms with Crippen molar-refractivity contribution in [3.8, 4) is 0 Å². The number of hydrogen-bond donors (Lipinski definition) is 1. The second-order valence-corrected chi connectivity index (χ2v) is 8.51. The fourth-order valence-electron chi connectivity index (χ4n) is 3.29. The Labute approximate surface area is 190 Å². The van der Waals surface area contributed by atoms with Gasteiger partial charge in [-0.1, -0.05) is 55.9 Å². The van der Waals surface area contributed by atoms with Crippen LogP contribution in [-0.2, 0) is 9.59 Å². The summed E-state index contributed by atoms with van der Waals surface area (Å²) in [4.78, 5) is 39.8. The third kappa shape index (κ3) is 4.53. The van der Waals surface area contributed by atoms with Crippen LogP contribution >= 0.6 is 11.8 Å². The second kappa shape index (κ2) is 9.28. The first-order valence-corrected chi connectivity index (χ1v) is 11.1. The SMILES string of the molecule is CC[C@H](C)c1ccc(N2C(=O)NC(=O)/C(=C/c3ccc(Sc4ccccc4)o3)C2=O)cc1. The zero-order valence-corrected chi connectivity index (χ0v) is 18.5. The molecule has 2 aromatic carbocycles. The summed E-state index contributed by atoms with van der Waals surface area (Å²) in [5.41, 5.74) is 1.35. The maximum Gasteiger partial charge on any atom is 0.335 e. The van der Waals surface area contributed by atoms with Crippen LogP contribution in [0.1, 0.15) is 37.5 Å². The van der Waals surface area contributed by atoms with Crippen molar-refractivity contribution in [1.82, 2.24) is 5.32 Å². The lowest BCUT2D eigenvalue weighted by atomic mass is 9.98. The molecule has 0 saturated carbocycles. The molecule has 0 radical (unpaired) electrons. The fourth-order valence-corrected chi connectivity index (χ4v) is 4.09. The van der Waals surface area contributed by atoms with Crippen molar-refractivity contribution in [3.05, 3.63) is 83.6 Å². The molecule has 0 unspecified atom stereocenters. The van der Waals surface area contributed by atoms with Gasteiger partial charge < -0.3 is 4.42 Å². The molecule has 0 spiro atoms. The molecule has 1 saturated heterocycles. The monoisotopic (exact) mass is 446 g/mol. The number of imide groups is 2. The second-order valence-electron chi connectivity index (χ2n) is 7.43. The van der Waals surface area contributed by atoms with E-state index in [4.69, 9.17) is 4.42 Å². The summed E-state index contributed by atoms with van der Waals surface area (Å²) in [5.74, 6) is -0.720. The van der Waals surface area contributed by atoms with Gasteiger partial charge >= 0.3 is 6.03 Å². The minimum Gasteiger partial charge on any atom is -0.450 e. The molecular formula is C25H22N2O4S. The first kappa shape index (κ1) is 21.6. The summed E-state index contributed by atoms with van der Waals surface area (Å²) in [7, 11) is 0. The van der Waals surface area contributed by atoms with E-state index in [0.717, 1.165) is 21.8 Å². The highest BCUT2D eigenvalue weighted by molar-refractivity contribution is 7.99. The summed E-state index contributed by atoms with van der Waals surface area (Å²) in [6, 6.07) is 19.6.